The van der Waals surface area contributed by atoms with E-state index in [0.29, 0.717) is 28.7 Å². The van der Waals surface area contributed by atoms with Crippen molar-refractivity contribution in [2.45, 2.75) is 38.4 Å². The third kappa shape index (κ3) is 4.50. The summed E-state index contributed by atoms with van der Waals surface area (Å²) in [6.07, 6.45) is -3.07. The molecule has 1 saturated heterocycles. The van der Waals surface area contributed by atoms with Crippen molar-refractivity contribution in [3.63, 3.8) is 0 Å². The van der Waals surface area contributed by atoms with Crippen molar-refractivity contribution < 1.29 is 37.4 Å². The largest absolute Gasteiger partial charge is 0.490 e. The van der Waals surface area contributed by atoms with Gasteiger partial charge in [-0.1, -0.05) is 0 Å². The zero-order valence-electron chi connectivity index (χ0n) is 17.2. The number of carboxylic acids is 2. The number of halogens is 4. The predicted octanol–water partition coefficient (Wildman–Crippen LogP) is 1.20. The van der Waals surface area contributed by atoms with Gasteiger partial charge in [0.1, 0.15) is 5.82 Å². The lowest BCUT2D eigenvalue weighted by Gasteiger charge is -2.24. The summed E-state index contributed by atoms with van der Waals surface area (Å²) in [6.45, 7) is 2.26. The number of nitrogens with zero attached hydrogens (tertiary/aromatic N) is 3. The number of rotatable bonds is 3. The van der Waals surface area contributed by atoms with E-state index >= 15 is 0 Å². The quantitative estimate of drug-likeness (QED) is 0.442. The topological polar surface area (TPSA) is 148 Å². The van der Waals surface area contributed by atoms with Crippen LogP contribution in [0.2, 0.25) is 0 Å². The molecule has 0 radical (unpaired) electrons. The lowest BCUT2D eigenvalue weighted by molar-refractivity contribution is -0.192. The summed E-state index contributed by atoms with van der Waals surface area (Å²) in [4.78, 5) is 46.7. The molecule has 180 valence electrons. The number of alkyl halides is 3. The van der Waals surface area contributed by atoms with Gasteiger partial charge < -0.3 is 21.0 Å². The van der Waals surface area contributed by atoms with Crippen LogP contribution < -0.4 is 22.0 Å². The summed E-state index contributed by atoms with van der Waals surface area (Å²) in [6, 6.07) is 1.05. The number of carboxylic acid groups (broad SMARTS) is 2. The van der Waals surface area contributed by atoms with Crippen molar-refractivity contribution >= 4 is 28.5 Å². The fourth-order valence-electron chi connectivity index (χ4n) is 3.88. The highest BCUT2D eigenvalue weighted by Crippen LogP contribution is 2.39. The van der Waals surface area contributed by atoms with E-state index in [1.54, 1.807) is 11.8 Å². The second kappa shape index (κ2) is 8.41. The lowest BCUT2D eigenvalue weighted by Crippen LogP contribution is -2.44. The fourth-order valence-corrected chi connectivity index (χ4v) is 3.88. The Morgan fingerprint density at radius 1 is 1.15 bits per heavy atom. The summed E-state index contributed by atoms with van der Waals surface area (Å²) in [5, 5.41) is 16.4. The summed E-state index contributed by atoms with van der Waals surface area (Å²) in [7, 11) is 0. The molecule has 2 aliphatic rings. The van der Waals surface area contributed by atoms with Gasteiger partial charge in [-0.2, -0.15) is 17.8 Å². The molecular formula is C19H20F4N4O6. The van der Waals surface area contributed by atoms with Gasteiger partial charge in [0.15, 0.2) is 0 Å². The van der Waals surface area contributed by atoms with Crippen LogP contribution in [0.5, 0.6) is 0 Å². The highest BCUT2D eigenvalue weighted by molar-refractivity contribution is 5.87. The summed E-state index contributed by atoms with van der Waals surface area (Å²) < 4.78 is 48.6. The van der Waals surface area contributed by atoms with E-state index in [1.807, 2.05) is 0 Å². The van der Waals surface area contributed by atoms with Gasteiger partial charge in [0.05, 0.1) is 22.5 Å². The fraction of sp³-hybridized carbons (Fsp3) is 0.474. The van der Waals surface area contributed by atoms with Crippen LogP contribution in [0.25, 0.3) is 10.9 Å². The second-order valence-corrected chi connectivity index (χ2v) is 7.86. The minimum Gasteiger partial charge on any atom is -0.481 e. The Bertz CT molecular complexity index is 1250. The number of anilines is 1. The molecule has 14 heteroatoms. The Morgan fingerprint density at radius 2 is 1.73 bits per heavy atom. The van der Waals surface area contributed by atoms with Crippen LogP contribution in [0, 0.1) is 18.7 Å². The van der Waals surface area contributed by atoms with Gasteiger partial charge in [-0.3, -0.25) is 14.2 Å². The van der Waals surface area contributed by atoms with Gasteiger partial charge in [-0.25, -0.2) is 14.0 Å². The number of nitrogen functional groups attached to an aromatic ring is 1. The van der Waals surface area contributed by atoms with Gasteiger partial charge in [-0.15, -0.1) is 0 Å². The second-order valence-electron chi connectivity index (χ2n) is 7.86. The van der Waals surface area contributed by atoms with Gasteiger partial charge in [0.25, 0.3) is 5.56 Å². The summed E-state index contributed by atoms with van der Waals surface area (Å²) in [5.41, 5.74) is -0.243. The molecule has 33 heavy (non-hydrogen) atoms. The van der Waals surface area contributed by atoms with Crippen LogP contribution in [-0.4, -0.2) is 50.7 Å². The first kappa shape index (κ1) is 24.1. The van der Waals surface area contributed by atoms with Gasteiger partial charge >= 0.3 is 23.8 Å². The van der Waals surface area contributed by atoms with Crippen molar-refractivity contribution in [2.75, 3.05) is 23.8 Å². The molecule has 1 aliphatic heterocycles. The SMILES string of the molecule is Cc1c(N2CCC(C(=O)O)C2)c(F)cc2c(=O)n(N)c(=O)n(C3CC3)c12.O=C(O)C(F)(F)F. The van der Waals surface area contributed by atoms with Crippen molar-refractivity contribution in [3.8, 4) is 0 Å². The third-order valence-electron chi connectivity index (χ3n) is 5.57. The highest BCUT2D eigenvalue weighted by atomic mass is 19.4. The van der Waals surface area contributed by atoms with Crippen LogP contribution in [0.4, 0.5) is 23.2 Å². The molecule has 10 nitrogen and oxygen atoms in total. The number of nitrogens with two attached hydrogens (primary N) is 1. The molecule has 1 aromatic carbocycles. The van der Waals surface area contributed by atoms with E-state index in [4.69, 9.17) is 15.7 Å². The molecule has 1 atom stereocenters. The van der Waals surface area contributed by atoms with E-state index < -0.39 is 41.1 Å². The number of benzene rings is 1. The number of aliphatic carboxylic acids is 2. The number of fused-ring (bicyclic) bond motifs is 1. The average molecular weight is 476 g/mol. The van der Waals surface area contributed by atoms with Gasteiger partial charge in [0.2, 0.25) is 0 Å². The maximum absolute atomic E-state index is 14.9. The molecule has 4 N–H and O–H groups in total. The summed E-state index contributed by atoms with van der Waals surface area (Å²) >= 11 is 0. The van der Waals surface area contributed by atoms with Crippen LogP contribution >= 0.6 is 0 Å². The predicted molar refractivity (Wildman–Crippen MR) is 107 cm³/mol. The Hall–Kier alpha value is -3.58. The maximum Gasteiger partial charge on any atom is 0.490 e. The zero-order valence-corrected chi connectivity index (χ0v) is 17.2. The number of hydrogen-bond donors (Lipinski definition) is 3. The van der Waals surface area contributed by atoms with E-state index in [0.717, 1.165) is 18.9 Å². The molecule has 0 spiro atoms. The van der Waals surface area contributed by atoms with Crippen LogP contribution in [0.15, 0.2) is 15.7 Å². The number of carbonyl (C=O) groups is 2. The van der Waals surface area contributed by atoms with Crippen molar-refractivity contribution in [1.29, 1.82) is 0 Å². The molecule has 1 aromatic heterocycles. The Balaban J connectivity index is 0.000000383. The average Bonchev–Trinajstić information content (AvgIpc) is 3.43. The van der Waals surface area contributed by atoms with E-state index in [1.165, 1.54) is 4.57 Å². The number of aryl methyl sites for hydroxylation is 1. The first-order valence-electron chi connectivity index (χ1n) is 9.79. The van der Waals surface area contributed by atoms with Crippen LogP contribution in [0.3, 0.4) is 0 Å². The Morgan fingerprint density at radius 3 is 2.18 bits per heavy atom. The molecule has 4 rings (SSSR count). The molecule has 1 saturated carbocycles. The van der Waals surface area contributed by atoms with Crippen LogP contribution in [0.1, 0.15) is 30.9 Å². The molecule has 1 unspecified atom stereocenters. The molecule has 2 fully saturated rings. The minimum atomic E-state index is -5.08. The molecule has 2 aromatic rings. The normalized spacial score (nSPS) is 18.2. The summed E-state index contributed by atoms with van der Waals surface area (Å²) in [5.74, 6) is 0.757. The minimum absolute atomic E-state index is 0.0530. The molecule has 0 bridgehead atoms. The highest BCUT2D eigenvalue weighted by Gasteiger charge is 2.38. The molecular weight excluding hydrogens is 456 g/mol. The van der Waals surface area contributed by atoms with Gasteiger partial charge in [0, 0.05) is 24.7 Å². The van der Waals surface area contributed by atoms with Crippen molar-refractivity contribution in [2.24, 2.45) is 5.92 Å². The third-order valence-corrected chi connectivity index (χ3v) is 5.57. The smallest absolute Gasteiger partial charge is 0.481 e. The first-order chi connectivity index (χ1) is 15.3. The number of hydrogen-bond acceptors (Lipinski definition) is 6. The lowest BCUT2D eigenvalue weighted by atomic mass is 10.1. The van der Waals surface area contributed by atoms with Gasteiger partial charge in [-0.05, 0) is 32.3 Å². The van der Waals surface area contributed by atoms with Crippen molar-refractivity contribution in [3.05, 3.63) is 38.3 Å². The van der Waals surface area contributed by atoms with Crippen LogP contribution in [-0.2, 0) is 9.59 Å². The van der Waals surface area contributed by atoms with E-state index in [2.05, 4.69) is 0 Å². The monoisotopic (exact) mass is 476 g/mol. The van der Waals surface area contributed by atoms with Crippen molar-refractivity contribution in [1.82, 2.24) is 9.24 Å². The standard InChI is InChI=1S/C17H19FN4O4.C2HF3O2/c1-8-13-11(15(23)22(19)17(26)21(13)10-2-3-10)6-12(18)14(8)20-5-4-9(7-20)16(24)25;3-2(4,5)1(6)7/h6,9-10H,2-5,7,19H2,1H3,(H,24,25);(H,6,7). The first-order valence-corrected chi connectivity index (χ1v) is 9.79. The molecule has 2 heterocycles. The maximum atomic E-state index is 14.9. The molecule has 1 aliphatic carbocycles. The zero-order chi connectivity index (χ0) is 24.8. The van der Waals surface area contributed by atoms with E-state index in [-0.39, 0.29) is 23.7 Å². The molecule has 0 amide bonds. The Labute approximate surface area is 182 Å². The Kier molecular flexibility index (Phi) is 6.13. The number of aromatic nitrogens is 2. The van der Waals surface area contributed by atoms with E-state index in [9.17, 15) is 37.1 Å².